The Kier molecular flexibility index (Phi) is 7.78. The number of hydrogen-bond acceptors (Lipinski definition) is 5. The van der Waals surface area contributed by atoms with Gasteiger partial charge in [-0.2, -0.15) is 0 Å². The molecule has 0 bridgehead atoms. The molecule has 3 heterocycles. The van der Waals surface area contributed by atoms with Crippen molar-refractivity contribution in [2.24, 2.45) is 5.92 Å². The van der Waals surface area contributed by atoms with Gasteiger partial charge in [0.25, 0.3) is 0 Å². The second-order valence-electron chi connectivity index (χ2n) is 16.5. The summed E-state index contributed by atoms with van der Waals surface area (Å²) in [6, 6.07) is 65.8. The molecular weight excluding hydrogens is 777 g/mol. The van der Waals surface area contributed by atoms with Crippen molar-refractivity contribution < 1.29 is 8.83 Å². The standard InChI is InChI=1S/C57H38N2O2S/c1-35-20-27-52-48(30-35)50-33-40(24-29-54(50)61-52)59(37-14-6-3-7-15-37)41-22-26-46-55(34-41)62-57-45-25-21-38(31-47(45)42-16-8-9-18-44(42)56(46)57)58(36-12-4-2-5-13-36)39-23-28-53-49(32-39)43-17-10-11-19-51(43)60-53/h2-29,31-35H,30H2,1H3. The summed E-state index contributed by atoms with van der Waals surface area (Å²) in [5.41, 5.74) is 10.6. The SMILES string of the molecule is CC1C=Cc2oc3ccc(N(c4ccccc4)c4ccc5c(c4)sc4c6ccc(N(c7ccccc7)c7ccc8oc9ccccc9c8c7)cc6c6ccccc6c54)cc3c2C1. The van der Waals surface area contributed by atoms with Gasteiger partial charge < -0.3 is 18.6 Å². The molecule has 4 nitrogen and oxygen atoms in total. The van der Waals surface area contributed by atoms with Gasteiger partial charge in [-0.05, 0) is 126 Å². The van der Waals surface area contributed by atoms with Gasteiger partial charge in [-0.3, -0.25) is 0 Å². The van der Waals surface area contributed by atoms with Crippen LogP contribution in [0.5, 0.6) is 0 Å². The minimum Gasteiger partial charge on any atom is -0.456 e. The van der Waals surface area contributed by atoms with Crippen molar-refractivity contribution in [2.75, 3.05) is 9.80 Å². The summed E-state index contributed by atoms with van der Waals surface area (Å²) in [7, 11) is 0. The van der Waals surface area contributed by atoms with Crippen molar-refractivity contribution >= 4 is 126 Å². The maximum atomic E-state index is 6.33. The molecule has 12 aromatic rings. The van der Waals surface area contributed by atoms with Crippen LogP contribution in [0.3, 0.4) is 0 Å². The highest BCUT2D eigenvalue weighted by molar-refractivity contribution is 7.27. The fourth-order valence-corrected chi connectivity index (χ4v) is 11.2. The summed E-state index contributed by atoms with van der Waals surface area (Å²) >= 11 is 1.89. The molecule has 0 radical (unpaired) electrons. The Balaban J connectivity index is 0.989. The molecule has 9 aromatic carbocycles. The van der Waals surface area contributed by atoms with E-state index in [0.717, 1.165) is 73.8 Å². The van der Waals surface area contributed by atoms with E-state index < -0.39 is 0 Å². The molecule has 5 heteroatoms. The van der Waals surface area contributed by atoms with E-state index in [9.17, 15) is 0 Å². The second kappa shape index (κ2) is 13.7. The Hall–Kier alpha value is -7.60. The molecule has 1 unspecified atom stereocenters. The van der Waals surface area contributed by atoms with E-state index in [1.54, 1.807) is 0 Å². The van der Waals surface area contributed by atoms with Crippen LogP contribution in [0.4, 0.5) is 34.1 Å². The second-order valence-corrected chi connectivity index (χ2v) is 17.6. The lowest BCUT2D eigenvalue weighted by Gasteiger charge is -2.26. The largest absolute Gasteiger partial charge is 0.456 e. The summed E-state index contributed by atoms with van der Waals surface area (Å²) in [4.78, 5) is 4.75. The Bertz CT molecular complexity index is 3760. The van der Waals surface area contributed by atoms with Crippen LogP contribution in [0.2, 0.25) is 0 Å². The van der Waals surface area contributed by atoms with Gasteiger partial charge in [0, 0.05) is 81.4 Å². The zero-order valence-electron chi connectivity index (χ0n) is 33.9. The fraction of sp³-hybridized carbons (Fsp3) is 0.0526. The molecule has 1 atom stereocenters. The van der Waals surface area contributed by atoms with Crippen molar-refractivity contribution in [3.63, 3.8) is 0 Å². The number of furan rings is 2. The summed E-state index contributed by atoms with van der Waals surface area (Å²) in [6.45, 7) is 2.27. The van der Waals surface area contributed by atoms with Crippen molar-refractivity contribution in [1.29, 1.82) is 0 Å². The lowest BCUT2D eigenvalue weighted by Crippen LogP contribution is -2.09. The molecular formula is C57H38N2O2S. The number of rotatable bonds is 6. The zero-order valence-corrected chi connectivity index (χ0v) is 34.7. The van der Waals surface area contributed by atoms with Crippen LogP contribution in [0, 0.1) is 5.92 Å². The number of anilines is 6. The Morgan fingerprint density at radius 3 is 1.71 bits per heavy atom. The predicted molar refractivity (Wildman–Crippen MR) is 263 cm³/mol. The van der Waals surface area contributed by atoms with Gasteiger partial charge in [0.1, 0.15) is 22.5 Å². The van der Waals surface area contributed by atoms with Crippen LogP contribution in [0.1, 0.15) is 18.2 Å². The smallest absolute Gasteiger partial charge is 0.135 e. The maximum Gasteiger partial charge on any atom is 0.135 e. The third-order valence-electron chi connectivity index (χ3n) is 12.7. The minimum atomic E-state index is 0.479. The Labute approximate surface area is 361 Å². The third kappa shape index (κ3) is 5.45. The molecule has 0 amide bonds. The zero-order chi connectivity index (χ0) is 40.9. The van der Waals surface area contributed by atoms with E-state index in [0.29, 0.717) is 5.92 Å². The molecule has 0 N–H and O–H groups in total. The molecule has 0 fully saturated rings. The molecule has 3 aromatic heterocycles. The normalized spacial score (nSPS) is 13.9. The van der Waals surface area contributed by atoms with Gasteiger partial charge in [0.15, 0.2) is 0 Å². The first-order chi connectivity index (χ1) is 30.6. The van der Waals surface area contributed by atoms with Crippen LogP contribution < -0.4 is 9.80 Å². The predicted octanol–water partition coefficient (Wildman–Crippen LogP) is 17.2. The van der Waals surface area contributed by atoms with E-state index in [2.05, 4.69) is 199 Å². The average Bonchev–Trinajstić information content (AvgIpc) is 4.01. The lowest BCUT2D eigenvalue weighted by molar-refractivity contribution is 0.584. The first kappa shape index (κ1) is 35.2. The van der Waals surface area contributed by atoms with E-state index in [-0.39, 0.29) is 0 Å². The highest BCUT2D eigenvalue weighted by Gasteiger charge is 2.23. The molecule has 0 saturated carbocycles. The molecule has 62 heavy (non-hydrogen) atoms. The van der Waals surface area contributed by atoms with Crippen LogP contribution in [-0.4, -0.2) is 0 Å². The topological polar surface area (TPSA) is 32.8 Å². The van der Waals surface area contributed by atoms with E-state index in [4.69, 9.17) is 8.83 Å². The summed E-state index contributed by atoms with van der Waals surface area (Å²) < 4.78 is 15.1. The fourth-order valence-electron chi connectivity index (χ4n) is 9.89. The van der Waals surface area contributed by atoms with Crippen LogP contribution >= 0.6 is 11.3 Å². The van der Waals surface area contributed by atoms with Crippen LogP contribution in [0.25, 0.3) is 80.7 Å². The molecule has 1 aliphatic carbocycles. The number of nitrogens with zero attached hydrogens (tertiary/aromatic N) is 2. The lowest BCUT2D eigenvalue weighted by atomic mass is 9.93. The van der Waals surface area contributed by atoms with Crippen LogP contribution in [0.15, 0.2) is 197 Å². The highest BCUT2D eigenvalue weighted by atomic mass is 32.1. The number of allylic oxidation sites excluding steroid dienone is 1. The van der Waals surface area contributed by atoms with E-state index in [1.807, 2.05) is 23.5 Å². The van der Waals surface area contributed by atoms with Crippen molar-refractivity contribution in [3.8, 4) is 0 Å². The maximum absolute atomic E-state index is 6.33. The summed E-state index contributed by atoms with van der Waals surface area (Å²) in [5.74, 6) is 1.46. The first-order valence-electron chi connectivity index (χ1n) is 21.3. The monoisotopic (exact) mass is 814 g/mol. The minimum absolute atomic E-state index is 0.479. The van der Waals surface area contributed by atoms with Gasteiger partial charge in [-0.1, -0.05) is 104 Å². The third-order valence-corrected chi connectivity index (χ3v) is 13.9. The number of para-hydroxylation sites is 3. The molecule has 0 saturated heterocycles. The van der Waals surface area contributed by atoms with E-state index in [1.165, 1.54) is 52.7 Å². The highest BCUT2D eigenvalue weighted by Crippen LogP contribution is 2.48. The quantitative estimate of drug-likeness (QED) is 0.157. The van der Waals surface area contributed by atoms with Gasteiger partial charge >= 0.3 is 0 Å². The number of hydrogen-bond donors (Lipinski definition) is 0. The Morgan fingerprint density at radius 1 is 0.435 bits per heavy atom. The number of thiophene rings is 1. The van der Waals surface area contributed by atoms with Crippen molar-refractivity contribution in [1.82, 2.24) is 0 Å². The molecule has 1 aliphatic rings. The average molecular weight is 815 g/mol. The molecule has 0 spiro atoms. The van der Waals surface area contributed by atoms with Crippen LogP contribution in [-0.2, 0) is 6.42 Å². The summed E-state index contributed by atoms with van der Waals surface area (Å²) in [5, 5.41) is 11.0. The van der Waals surface area contributed by atoms with Gasteiger partial charge in [-0.15, -0.1) is 11.3 Å². The number of benzene rings is 9. The van der Waals surface area contributed by atoms with Gasteiger partial charge in [0.05, 0.1) is 0 Å². The van der Waals surface area contributed by atoms with Gasteiger partial charge in [-0.25, -0.2) is 0 Å². The number of fused-ring (bicyclic) bond motifs is 14. The molecule has 13 rings (SSSR count). The first-order valence-corrected chi connectivity index (χ1v) is 22.1. The molecule has 294 valence electrons. The van der Waals surface area contributed by atoms with Crippen molar-refractivity contribution in [2.45, 2.75) is 13.3 Å². The summed E-state index contributed by atoms with van der Waals surface area (Å²) in [6.07, 6.45) is 5.37. The molecule has 0 aliphatic heterocycles. The van der Waals surface area contributed by atoms with Gasteiger partial charge in [0.2, 0.25) is 0 Å². The van der Waals surface area contributed by atoms with E-state index >= 15 is 0 Å². The van der Waals surface area contributed by atoms with Crippen molar-refractivity contribution in [3.05, 3.63) is 199 Å². The Morgan fingerprint density at radius 2 is 0.984 bits per heavy atom.